The van der Waals surface area contributed by atoms with Gasteiger partial charge in [-0.15, -0.1) is 0 Å². The first-order chi connectivity index (χ1) is 9.78. The molecule has 116 valence electrons. The van der Waals surface area contributed by atoms with Crippen molar-refractivity contribution in [1.82, 2.24) is 4.31 Å². The molecule has 6 nitrogen and oxygen atoms in total. The molecule has 0 bridgehead atoms. The Bertz CT molecular complexity index is 639. The Balaban J connectivity index is 2.20. The largest absolute Gasteiger partial charge is 0.479 e. The van der Waals surface area contributed by atoms with Gasteiger partial charge in [-0.1, -0.05) is 17.7 Å². The normalized spacial score (nSPS) is 18.2. The second kappa shape index (κ2) is 5.88. The van der Waals surface area contributed by atoms with Gasteiger partial charge in [0.25, 0.3) is 0 Å². The topological polar surface area (TPSA) is 83.9 Å². The fourth-order valence-electron chi connectivity index (χ4n) is 2.21. The summed E-state index contributed by atoms with van der Waals surface area (Å²) >= 11 is 5.75. The number of carboxylic acids is 1. The van der Waals surface area contributed by atoms with Gasteiger partial charge in [-0.25, -0.2) is 17.6 Å². The first kappa shape index (κ1) is 16.2. The van der Waals surface area contributed by atoms with Gasteiger partial charge in [0.15, 0.2) is 6.10 Å². The van der Waals surface area contributed by atoms with Crippen molar-refractivity contribution < 1.29 is 27.4 Å². The highest BCUT2D eigenvalue weighted by Crippen LogP contribution is 2.32. The van der Waals surface area contributed by atoms with Gasteiger partial charge in [0.1, 0.15) is 10.7 Å². The molecule has 0 radical (unpaired) electrons. The molecule has 0 aliphatic carbocycles. The quantitative estimate of drug-likeness (QED) is 0.872. The van der Waals surface area contributed by atoms with Gasteiger partial charge in [0.2, 0.25) is 10.0 Å². The lowest BCUT2D eigenvalue weighted by molar-refractivity contribution is -0.154. The van der Waals surface area contributed by atoms with Gasteiger partial charge >= 0.3 is 5.97 Å². The van der Waals surface area contributed by atoms with Crippen molar-refractivity contribution in [2.24, 2.45) is 5.92 Å². The highest BCUT2D eigenvalue weighted by molar-refractivity contribution is 7.89. The average Bonchev–Trinajstić information content (AvgIpc) is 2.31. The van der Waals surface area contributed by atoms with Crippen LogP contribution in [0.2, 0.25) is 5.02 Å². The molecule has 2 rings (SSSR count). The molecule has 1 saturated heterocycles. The minimum Gasteiger partial charge on any atom is -0.479 e. The molecular weight excluding hydrogens is 325 g/mol. The van der Waals surface area contributed by atoms with Crippen LogP contribution in [0.1, 0.15) is 0 Å². The van der Waals surface area contributed by atoms with E-state index in [1.165, 1.54) is 19.2 Å². The molecule has 1 N–H and O–H groups in total. The number of nitrogens with zero attached hydrogens (tertiary/aromatic N) is 1. The average molecular weight is 338 g/mol. The number of methoxy groups -OCH3 is 1. The zero-order chi connectivity index (χ0) is 15.8. The van der Waals surface area contributed by atoms with Crippen molar-refractivity contribution in [3.05, 3.63) is 29.0 Å². The van der Waals surface area contributed by atoms with Gasteiger partial charge in [-0.2, -0.15) is 4.31 Å². The SMILES string of the molecule is COC(C(=O)O)C1CN(S(=O)(=O)c2c(F)cccc2Cl)C1. The van der Waals surface area contributed by atoms with Crippen LogP contribution in [0.5, 0.6) is 0 Å². The van der Waals surface area contributed by atoms with E-state index in [9.17, 15) is 17.6 Å². The van der Waals surface area contributed by atoms with Crippen molar-refractivity contribution in [1.29, 1.82) is 0 Å². The predicted octanol–water partition coefficient (Wildman–Crippen LogP) is 1.20. The second-order valence-electron chi connectivity index (χ2n) is 4.63. The van der Waals surface area contributed by atoms with E-state index in [0.717, 1.165) is 10.4 Å². The third kappa shape index (κ3) is 2.89. The maximum absolute atomic E-state index is 13.7. The Hall–Kier alpha value is -1.22. The van der Waals surface area contributed by atoms with Crippen LogP contribution in [0, 0.1) is 11.7 Å². The second-order valence-corrected chi connectivity index (χ2v) is 6.91. The number of sulfonamides is 1. The molecule has 1 aliphatic rings. The molecule has 1 aromatic carbocycles. The van der Waals surface area contributed by atoms with E-state index >= 15 is 0 Å². The van der Waals surface area contributed by atoms with Crippen LogP contribution in [0.3, 0.4) is 0 Å². The number of carboxylic acid groups (broad SMARTS) is 1. The Morgan fingerprint density at radius 2 is 2.14 bits per heavy atom. The number of carbonyl (C=O) groups is 1. The van der Waals surface area contributed by atoms with E-state index in [2.05, 4.69) is 0 Å². The fourth-order valence-corrected chi connectivity index (χ4v) is 4.33. The maximum Gasteiger partial charge on any atom is 0.333 e. The third-order valence-electron chi connectivity index (χ3n) is 3.32. The summed E-state index contributed by atoms with van der Waals surface area (Å²) in [7, 11) is -2.85. The molecule has 1 unspecified atom stereocenters. The molecule has 1 fully saturated rings. The molecule has 0 saturated carbocycles. The number of hydrogen-bond donors (Lipinski definition) is 1. The summed E-state index contributed by atoms with van der Waals surface area (Å²) in [6.07, 6.45) is -1.09. The van der Waals surface area contributed by atoms with E-state index in [4.69, 9.17) is 21.4 Å². The molecule has 0 amide bonds. The summed E-state index contributed by atoms with van der Waals surface area (Å²) in [6.45, 7) is -0.115. The molecule has 21 heavy (non-hydrogen) atoms. The Morgan fingerprint density at radius 1 is 1.52 bits per heavy atom. The number of benzene rings is 1. The minimum atomic E-state index is -4.09. The number of halogens is 2. The van der Waals surface area contributed by atoms with Gasteiger partial charge in [0, 0.05) is 26.1 Å². The van der Waals surface area contributed by atoms with Crippen LogP contribution in [0.25, 0.3) is 0 Å². The van der Waals surface area contributed by atoms with Gasteiger partial charge in [-0.3, -0.25) is 0 Å². The van der Waals surface area contributed by atoms with Crippen LogP contribution >= 0.6 is 11.6 Å². The molecule has 1 aliphatic heterocycles. The standard InChI is InChI=1S/C12H13ClFNO5S/c1-20-10(12(16)17)7-5-15(6-7)21(18,19)11-8(13)3-2-4-9(11)14/h2-4,7,10H,5-6H2,1H3,(H,16,17). The zero-order valence-electron chi connectivity index (χ0n) is 11.0. The number of ether oxygens (including phenoxy) is 1. The van der Waals surface area contributed by atoms with Crippen LogP contribution in [-0.4, -0.2) is 50.1 Å². The highest BCUT2D eigenvalue weighted by atomic mass is 35.5. The Labute approximate surface area is 126 Å². The van der Waals surface area contributed by atoms with Crippen LogP contribution in [0.15, 0.2) is 23.1 Å². The van der Waals surface area contributed by atoms with E-state index in [-0.39, 0.29) is 18.1 Å². The van der Waals surface area contributed by atoms with Crippen molar-refractivity contribution >= 4 is 27.6 Å². The zero-order valence-corrected chi connectivity index (χ0v) is 12.6. The van der Waals surface area contributed by atoms with Crippen LogP contribution in [0.4, 0.5) is 4.39 Å². The van der Waals surface area contributed by atoms with Crippen molar-refractivity contribution in [2.45, 2.75) is 11.0 Å². The first-order valence-corrected chi connectivity index (χ1v) is 7.80. The Morgan fingerprint density at radius 3 is 2.62 bits per heavy atom. The summed E-state index contributed by atoms with van der Waals surface area (Å²) in [5.74, 6) is -2.58. The van der Waals surface area contributed by atoms with Gasteiger partial charge in [0.05, 0.1) is 5.02 Å². The molecule has 1 heterocycles. The smallest absolute Gasteiger partial charge is 0.333 e. The molecular formula is C12H13ClFNO5S. The van der Waals surface area contributed by atoms with E-state index < -0.39 is 38.7 Å². The summed E-state index contributed by atoms with van der Waals surface area (Å²) in [5, 5.41) is 8.72. The molecule has 1 atom stereocenters. The highest BCUT2D eigenvalue weighted by Gasteiger charge is 2.44. The van der Waals surface area contributed by atoms with E-state index in [1.54, 1.807) is 0 Å². The van der Waals surface area contributed by atoms with E-state index in [0.29, 0.717) is 0 Å². The van der Waals surface area contributed by atoms with Crippen molar-refractivity contribution in [3.63, 3.8) is 0 Å². The first-order valence-electron chi connectivity index (χ1n) is 5.98. The summed E-state index contributed by atoms with van der Waals surface area (Å²) in [4.78, 5) is 10.3. The van der Waals surface area contributed by atoms with E-state index in [1.807, 2.05) is 0 Å². The summed E-state index contributed by atoms with van der Waals surface area (Å²) in [6, 6.07) is 3.59. The molecule has 1 aromatic rings. The maximum atomic E-state index is 13.7. The molecule has 9 heteroatoms. The van der Waals surface area contributed by atoms with Crippen LogP contribution in [-0.2, 0) is 19.6 Å². The summed E-state index contributed by atoms with van der Waals surface area (Å²) < 4.78 is 44.1. The Kier molecular flexibility index (Phi) is 4.52. The number of aliphatic carboxylic acids is 1. The van der Waals surface area contributed by atoms with Crippen molar-refractivity contribution in [3.8, 4) is 0 Å². The van der Waals surface area contributed by atoms with Crippen LogP contribution < -0.4 is 0 Å². The minimum absolute atomic E-state index is 0.0577. The number of rotatable bonds is 5. The monoisotopic (exact) mass is 337 g/mol. The fraction of sp³-hybridized carbons (Fsp3) is 0.417. The molecule has 0 spiro atoms. The van der Waals surface area contributed by atoms with Gasteiger partial charge < -0.3 is 9.84 Å². The summed E-state index contributed by atoms with van der Waals surface area (Å²) in [5.41, 5.74) is 0. The third-order valence-corrected chi connectivity index (χ3v) is 5.65. The number of hydrogen-bond acceptors (Lipinski definition) is 4. The molecule has 0 aromatic heterocycles. The lowest BCUT2D eigenvalue weighted by atomic mass is 9.96. The predicted molar refractivity (Wildman–Crippen MR) is 72.1 cm³/mol. The lowest BCUT2D eigenvalue weighted by Crippen LogP contribution is -2.56. The lowest BCUT2D eigenvalue weighted by Gasteiger charge is -2.40. The van der Waals surface area contributed by atoms with Crippen molar-refractivity contribution in [2.75, 3.05) is 20.2 Å². The van der Waals surface area contributed by atoms with Gasteiger partial charge in [-0.05, 0) is 12.1 Å².